The zero-order chi connectivity index (χ0) is 15.2. The Balaban J connectivity index is 1.73. The molecule has 8 heteroatoms. The third kappa shape index (κ3) is 4.57. The molecule has 0 amide bonds. The highest BCUT2D eigenvalue weighted by molar-refractivity contribution is 6.42. The maximum atomic E-state index is 9.87. The van der Waals surface area contributed by atoms with Gasteiger partial charge in [-0.05, 0) is 12.1 Å². The van der Waals surface area contributed by atoms with Crippen LogP contribution in [0.5, 0.6) is 5.75 Å². The Hall–Kier alpha value is -1.34. The normalized spacial score (nSPS) is 12.4. The second kappa shape index (κ2) is 7.61. The molecule has 1 aromatic carbocycles. The number of rotatable bonds is 7. The van der Waals surface area contributed by atoms with Crippen LogP contribution in [-0.2, 0) is 13.6 Å². The fourth-order valence-corrected chi connectivity index (χ4v) is 2.02. The highest BCUT2D eigenvalue weighted by atomic mass is 35.5. The number of nitrogens with one attached hydrogen (secondary N) is 1. The van der Waals surface area contributed by atoms with E-state index in [9.17, 15) is 5.11 Å². The summed E-state index contributed by atoms with van der Waals surface area (Å²) in [4.78, 5) is 0. The van der Waals surface area contributed by atoms with Crippen LogP contribution < -0.4 is 10.1 Å². The van der Waals surface area contributed by atoms with E-state index in [0.29, 0.717) is 28.9 Å². The molecule has 2 rings (SSSR count). The maximum Gasteiger partial charge on any atom is 0.139 e. The molecule has 0 saturated carbocycles. The van der Waals surface area contributed by atoms with Gasteiger partial charge in [0, 0.05) is 20.1 Å². The Morgan fingerprint density at radius 3 is 2.95 bits per heavy atom. The van der Waals surface area contributed by atoms with Gasteiger partial charge in [0.2, 0.25) is 0 Å². The molecule has 0 aliphatic heterocycles. The molecular weight excluding hydrogens is 315 g/mol. The Kier molecular flexibility index (Phi) is 5.81. The van der Waals surface area contributed by atoms with Gasteiger partial charge in [-0.1, -0.05) is 34.5 Å². The third-order valence-electron chi connectivity index (χ3n) is 2.84. The van der Waals surface area contributed by atoms with Gasteiger partial charge >= 0.3 is 0 Å². The van der Waals surface area contributed by atoms with E-state index >= 15 is 0 Å². The number of aryl methyl sites for hydroxylation is 1. The summed E-state index contributed by atoms with van der Waals surface area (Å²) in [5.74, 6) is 0.457. The molecule has 0 saturated heterocycles. The lowest BCUT2D eigenvalue weighted by Crippen LogP contribution is -2.31. The molecule has 21 heavy (non-hydrogen) atoms. The van der Waals surface area contributed by atoms with Crippen LogP contribution >= 0.6 is 23.2 Å². The van der Waals surface area contributed by atoms with Crippen LogP contribution in [0.25, 0.3) is 0 Å². The molecule has 6 nitrogen and oxygen atoms in total. The summed E-state index contributed by atoms with van der Waals surface area (Å²) in [5, 5.41) is 21.3. The van der Waals surface area contributed by atoms with Crippen LogP contribution in [0.4, 0.5) is 0 Å². The first-order chi connectivity index (χ1) is 10.1. The van der Waals surface area contributed by atoms with Gasteiger partial charge in [0.15, 0.2) is 0 Å². The predicted octanol–water partition coefficient (Wildman–Crippen LogP) is 1.65. The van der Waals surface area contributed by atoms with Gasteiger partial charge in [0.1, 0.15) is 23.5 Å². The van der Waals surface area contributed by atoms with E-state index in [1.165, 1.54) is 0 Å². The van der Waals surface area contributed by atoms with E-state index in [4.69, 9.17) is 27.9 Å². The van der Waals surface area contributed by atoms with Crippen LogP contribution in [0.2, 0.25) is 10.0 Å². The number of ether oxygens (including phenoxy) is 1. The summed E-state index contributed by atoms with van der Waals surface area (Å²) in [6, 6.07) is 5.12. The van der Waals surface area contributed by atoms with Crippen LogP contribution in [-0.4, -0.2) is 39.4 Å². The quantitative estimate of drug-likeness (QED) is 0.807. The number of aliphatic hydroxyl groups is 1. The Labute approximate surface area is 132 Å². The molecule has 0 aliphatic rings. The SMILES string of the molecule is Cn1nncc1CNCC(O)COc1cccc(Cl)c1Cl. The minimum Gasteiger partial charge on any atom is -0.489 e. The van der Waals surface area contributed by atoms with Gasteiger partial charge in [-0.3, -0.25) is 4.68 Å². The molecule has 1 unspecified atom stereocenters. The number of benzene rings is 1. The molecule has 2 N–H and O–H groups in total. The lowest BCUT2D eigenvalue weighted by molar-refractivity contribution is 0.106. The number of aliphatic hydroxyl groups excluding tert-OH is 1. The molecule has 0 bridgehead atoms. The molecule has 114 valence electrons. The van der Waals surface area contributed by atoms with Crippen molar-refractivity contribution < 1.29 is 9.84 Å². The largest absolute Gasteiger partial charge is 0.489 e. The number of hydrogen-bond donors (Lipinski definition) is 2. The smallest absolute Gasteiger partial charge is 0.139 e. The molecule has 1 aromatic heterocycles. The predicted molar refractivity (Wildman–Crippen MR) is 80.7 cm³/mol. The Morgan fingerprint density at radius 1 is 1.43 bits per heavy atom. The summed E-state index contributed by atoms with van der Waals surface area (Å²) in [5.41, 5.74) is 0.931. The van der Waals surface area contributed by atoms with Crippen molar-refractivity contribution in [1.29, 1.82) is 0 Å². The second-order valence-electron chi connectivity index (χ2n) is 4.50. The number of hydrogen-bond acceptors (Lipinski definition) is 5. The van der Waals surface area contributed by atoms with Gasteiger partial charge in [0.25, 0.3) is 0 Å². The van der Waals surface area contributed by atoms with E-state index in [1.54, 1.807) is 29.1 Å². The molecule has 0 aliphatic carbocycles. The standard InChI is InChI=1S/C13H16Cl2N4O2/c1-19-9(6-17-18-19)5-16-7-10(20)8-21-12-4-2-3-11(14)13(12)15/h2-4,6,10,16,20H,5,7-8H2,1H3. The van der Waals surface area contributed by atoms with Crippen molar-refractivity contribution in [3.05, 3.63) is 40.1 Å². The number of halogens is 2. The van der Waals surface area contributed by atoms with Crippen molar-refractivity contribution >= 4 is 23.2 Å². The van der Waals surface area contributed by atoms with Crippen molar-refractivity contribution in [2.75, 3.05) is 13.2 Å². The fraction of sp³-hybridized carbons (Fsp3) is 0.385. The first-order valence-corrected chi connectivity index (χ1v) is 7.12. The van der Waals surface area contributed by atoms with Crippen molar-refractivity contribution in [3.63, 3.8) is 0 Å². The van der Waals surface area contributed by atoms with Crippen LogP contribution in [0.3, 0.4) is 0 Å². The highest BCUT2D eigenvalue weighted by Crippen LogP contribution is 2.31. The summed E-state index contributed by atoms with van der Waals surface area (Å²) < 4.78 is 7.12. The van der Waals surface area contributed by atoms with Crippen LogP contribution in [0.1, 0.15) is 5.69 Å². The lowest BCUT2D eigenvalue weighted by Gasteiger charge is -2.14. The molecule has 1 atom stereocenters. The summed E-state index contributed by atoms with van der Waals surface area (Å²) in [6.07, 6.45) is 1.00. The topological polar surface area (TPSA) is 72.2 Å². The van der Waals surface area contributed by atoms with Gasteiger partial charge in [0.05, 0.1) is 16.9 Å². The minimum absolute atomic E-state index is 0.122. The van der Waals surface area contributed by atoms with Gasteiger partial charge in [-0.2, -0.15) is 0 Å². The van der Waals surface area contributed by atoms with Gasteiger partial charge in [-0.15, -0.1) is 5.10 Å². The first-order valence-electron chi connectivity index (χ1n) is 6.37. The molecule has 0 radical (unpaired) electrons. The fourth-order valence-electron chi connectivity index (χ4n) is 1.68. The van der Waals surface area contributed by atoms with Crippen molar-refractivity contribution in [2.24, 2.45) is 7.05 Å². The van der Waals surface area contributed by atoms with Gasteiger partial charge in [-0.25, -0.2) is 0 Å². The number of nitrogens with zero attached hydrogens (tertiary/aromatic N) is 3. The molecule has 1 heterocycles. The maximum absolute atomic E-state index is 9.87. The van der Waals surface area contributed by atoms with Crippen molar-refractivity contribution in [2.45, 2.75) is 12.6 Å². The monoisotopic (exact) mass is 330 g/mol. The molecule has 0 spiro atoms. The zero-order valence-electron chi connectivity index (χ0n) is 11.5. The van der Waals surface area contributed by atoms with E-state index in [-0.39, 0.29) is 6.61 Å². The van der Waals surface area contributed by atoms with E-state index in [0.717, 1.165) is 5.69 Å². The first kappa shape index (κ1) is 16.0. The molecular formula is C13H16Cl2N4O2. The second-order valence-corrected chi connectivity index (χ2v) is 5.28. The summed E-state index contributed by atoms with van der Waals surface area (Å²) in [7, 11) is 1.81. The molecule has 0 fully saturated rings. The summed E-state index contributed by atoms with van der Waals surface area (Å²) in [6.45, 7) is 1.07. The van der Waals surface area contributed by atoms with Crippen LogP contribution in [0.15, 0.2) is 24.4 Å². The lowest BCUT2D eigenvalue weighted by atomic mass is 10.3. The summed E-state index contributed by atoms with van der Waals surface area (Å²) >= 11 is 11.9. The average molecular weight is 331 g/mol. The van der Waals surface area contributed by atoms with Crippen molar-refractivity contribution in [1.82, 2.24) is 20.3 Å². The third-order valence-corrected chi connectivity index (χ3v) is 3.64. The minimum atomic E-state index is -0.666. The average Bonchev–Trinajstić information content (AvgIpc) is 2.86. The van der Waals surface area contributed by atoms with E-state index in [1.807, 2.05) is 7.05 Å². The molecule has 2 aromatic rings. The Morgan fingerprint density at radius 2 is 2.24 bits per heavy atom. The van der Waals surface area contributed by atoms with E-state index in [2.05, 4.69) is 15.6 Å². The highest BCUT2D eigenvalue weighted by Gasteiger charge is 2.09. The van der Waals surface area contributed by atoms with Crippen molar-refractivity contribution in [3.8, 4) is 5.75 Å². The Bertz CT molecular complexity index is 591. The number of aromatic nitrogens is 3. The zero-order valence-corrected chi connectivity index (χ0v) is 13.0. The van der Waals surface area contributed by atoms with Gasteiger partial charge < -0.3 is 15.2 Å². The van der Waals surface area contributed by atoms with E-state index < -0.39 is 6.10 Å². The van der Waals surface area contributed by atoms with Crippen LogP contribution in [0, 0.1) is 0 Å².